The Kier molecular flexibility index (Phi) is 2.42. The highest BCUT2D eigenvalue weighted by Gasteiger charge is 2.28. The van der Waals surface area contributed by atoms with Gasteiger partial charge in [-0.3, -0.25) is 4.99 Å². The second kappa shape index (κ2) is 3.95. The van der Waals surface area contributed by atoms with Crippen LogP contribution >= 0.6 is 0 Å². The molecule has 2 aliphatic rings. The number of nitrogens with one attached hydrogen (secondary N) is 1. The summed E-state index contributed by atoms with van der Waals surface area (Å²) in [5.74, 6) is 1.95. The van der Waals surface area contributed by atoms with Crippen LogP contribution < -0.4 is 15.0 Å². The molecular weight excluding hydrogens is 214 g/mol. The van der Waals surface area contributed by atoms with Crippen LogP contribution in [0.3, 0.4) is 0 Å². The predicted molar refractivity (Wildman–Crippen MR) is 69.2 cm³/mol. The molecule has 1 N–H and O–H groups in total. The summed E-state index contributed by atoms with van der Waals surface area (Å²) in [6.07, 6.45) is 0.0387. The molecule has 2 heterocycles. The molecule has 0 spiro atoms. The van der Waals surface area contributed by atoms with Crippen LogP contribution in [0.5, 0.6) is 5.75 Å². The number of fused-ring (bicyclic) bond motifs is 1. The van der Waals surface area contributed by atoms with Crippen LogP contribution in [0.15, 0.2) is 23.2 Å². The van der Waals surface area contributed by atoms with Gasteiger partial charge in [0, 0.05) is 13.6 Å². The molecule has 0 saturated carbocycles. The van der Waals surface area contributed by atoms with E-state index in [-0.39, 0.29) is 6.10 Å². The van der Waals surface area contributed by atoms with Crippen molar-refractivity contribution in [3.63, 3.8) is 0 Å². The molecule has 0 bridgehead atoms. The number of benzene rings is 1. The molecule has 0 aromatic heterocycles. The standard InChI is InChI=1S/C13H17N3O/c1-9-3-4-10-11(7-9)17-12(8-16(10)2)13-14-5-6-15-13/h3-4,7,12H,5-6,8H2,1-2H3,(H,14,15). The molecule has 1 atom stereocenters. The average Bonchev–Trinajstić information content (AvgIpc) is 2.81. The van der Waals surface area contributed by atoms with E-state index in [0.717, 1.165) is 36.9 Å². The second-order valence-electron chi connectivity index (χ2n) is 4.65. The number of anilines is 1. The first-order valence-electron chi connectivity index (χ1n) is 6.01. The van der Waals surface area contributed by atoms with E-state index in [1.165, 1.54) is 5.56 Å². The molecule has 0 radical (unpaired) electrons. The van der Waals surface area contributed by atoms with Crippen LogP contribution in [0.25, 0.3) is 0 Å². The molecular formula is C13H17N3O. The van der Waals surface area contributed by atoms with Gasteiger partial charge in [0.1, 0.15) is 11.6 Å². The third-order valence-electron chi connectivity index (χ3n) is 3.24. The zero-order chi connectivity index (χ0) is 11.8. The smallest absolute Gasteiger partial charge is 0.173 e. The van der Waals surface area contributed by atoms with E-state index in [4.69, 9.17) is 4.74 Å². The van der Waals surface area contributed by atoms with Gasteiger partial charge < -0.3 is 15.0 Å². The van der Waals surface area contributed by atoms with E-state index in [0.29, 0.717) is 0 Å². The molecule has 4 heteroatoms. The Labute approximate surface area is 101 Å². The fourth-order valence-electron chi connectivity index (χ4n) is 2.34. The van der Waals surface area contributed by atoms with Crippen molar-refractivity contribution in [3.05, 3.63) is 23.8 Å². The van der Waals surface area contributed by atoms with Gasteiger partial charge in [-0.2, -0.15) is 0 Å². The maximum absolute atomic E-state index is 6.03. The summed E-state index contributed by atoms with van der Waals surface area (Å²) in [6, 6.07) is 6.32. The van der Waals surface area contributed by atoms with Crippen molar-refractivity contribution < 1.29 is 4.74 Å². The summed E-state index contributed by atoms with van der Waals surface area (Å²) < 4.78 is 6.03. The first kappa shape index (κ1) is 10.4. The van der Waals surface area contributed by atoms with E-state index in [2.05, 4.69) is 47.4 Å². The van der Waals surface area contributed by atoms with Crippen LogP contribution in [0, 0.1) is 6.92 Å². The van der Waals surface area contributed by atoms with Crippen LogP contribution in [-0.2, 0) is 0 Å². The Morgan fingerprint density at radius 2 is 2.35 bits per heavy atom. The number of hydrogen-bond acceptors (Lipinski definition) is 4. The lowest BCUT2D eigenvalue weighted by Crippen LogP contribution is -2.46. The monoisotopic (exact) mass is 231 g/mol. The topological polar surface area (TPSA) is 36.9 Å². The lowest BCUT2D eigenvalue weighted by molar-refractivity contribution is 0.255. The maximum atomic E-state index is 6.03. The quantitative estimate of drug-likeness (QED) is 0.789. The molecule has 0 fully saturated rings. The predicted octanol–water partition coefficient (Wildman–Crippen LogP) is 1.19. The number of nitrogens with zero attached hydrogens (tertiary/aromatic N) is 2. The fourth-order valence-corrected chi connectivity index (χ4v) is 2.34. The summed E-state index contributed by atoms with van der Waals surface area (Å²) >= 11 is 0. The first-order chi connectivity index (χ1) is 8.24. The second-order valence-corrected chi connectivity index (χ2v) is 4.65. The van der Waals surface area contributed by atoms with Crippen molar-refractivity contribution in [3.8, 4) is 5.75 Å². The molecule has 1 aromatic carbocycles. The van der Waals surface area contributed by atoms with E-state index >= 15 is 0 Å². The Morgan fingerprint density at radius 1 is 1.47 bits per heavy atom. The van der Waals surface area contributed by atoms with Crippen molar-refractivity contribution in [2.45, 2.75) is 13.0 Å². The Balaban J connectivity index is 1.91. The molecule has 3 rings (SSSR count). The number of aryl methyl sites for hydroxylation is 1. The zero-order valence-electron chi connectivity index (χ0n) is 10.2. The highest BCUT2D eigenvalue weighted by atomic mass is 16.5. The van der Waals surface area contributed by atoms with Gasteiger partial charge in [-0.15, -0.1) is 0 Å². The van der Waals surface area contributed by atoms with Gasteiger partial charge in [0.2, 0.25) is 0 Å². The summed E-state index contributed by atoms with van der Waals surface area (Å²) in [5.41, 5.74) is 2.38. The third kappa shape index (κ3) is 1.84. The van der Waals surface area contributed by atoms with Crippen LogP contribution in [-0.4, -0.2) is 38.6 Å². The van der Waals surface area contributed by atoms with Gasteiger partial charge in [0.25, 0.3) is 0 Å². The molecule has 0 aliphatic carbocycles. The van der Waals surface area contributed by atoms with Gasteiger partial charge in [-0.25, -0.2) is 0 Å². The molecule has 1 aromatic rings. The first-order valence-corrected chi connectivity index (χ1v) is 6.01. The Morgan fingerprint density at radius 3 is 3.12 bits per heavy atom. The minimum atomic E-state index is 0.0387. The summed E-state index contributed by atoms with van der Waals surface area (Å²) in [5, 5.41) is 3.29. The summed E-state index contributed by atoms with van der Waals surface area (Å²) in [4.78, 5) is 6.67. The molecule has 4 nitrogen and oxygen atoms in total. The SMILES string of the molecule is Cc1ccc2c(c1)OC(C1=NCCN1)CN2C. The number of likely N-dealkylation sites (N-methyl/N-ethyl adjacent to an activating group) is 1. The van der Waals surface area contributed by atoms with Crippen molar-refractivity contribution in [2.24, 2.45) is 4.99 Å². The van der Waals surface area contributed by atoms with E-state index in [9.17, 15) is 0 Å². The Bertz CT molecular complexity index is 470. The van der Waals surface area contributed by atoms with Crippen molar-refractivity contribution in [2.75, 3.05) is 31.6 Å². The minimum Gasteiger partial charge on any atom is -0.478 e. The molecule has 17 heavy (non-hydrogen) atoms. The third-order valence-corrected chi connectivity index (χ3v) is 3.24. The van der Waals surface area contributed by atoms with Crippen molar-refractivity contribution in [1.29, 1.82) is 0 Å². The van der Waals surface area contributed by atoms with E-state index < -0.39 is 0 Å². The van der Waals surface area contributed by atoms with Gasteiger partial charge in [0.05, 0.1) is 18.8 Å². The number of amidine groups is 1. The van der Waals surface area contributed by atoms with Gasteiger partial charge >= 0.3 is 0 Å². The van der Waals surface area contributed by atoms with Crippen molar-refractivity contribution in [1.82, 2.24) is 5.32 Å². The number of hydrogen-bond donors (Lipinski definition) is 1. The minimum absolute atomic E-state index is 0.0387. The highest BCUT2D eigenvalue weighted by Crippen LogP contribution is 2.33. The molecule has 0 amide bonds. The van der Waals surface area contributed by atoms with Gasteiger partial charge in [-0.05, 0) is 24.6 Å². The van der Waals surface area contributed by atoms with Crippen LogP contribution in [0.4, 0.5) is 5.69 Å². The van der Waals surface area contributed by atoms with Gasteiger partial charge in [-0.1, -0.05) is 6.07 Å². The molecule has 0 saturated heterocycles. The molecule has 1 unspecified atom stereocenters. The molecule has 90 valence electrons. The lowest BCUT2D eigenvalue weighted by atomic mass is 10.1. The zero-order valence-corrected chi connectivity index (χ0v) is 10.2. The number of ether oxygens (including phenoxy) is 1. The van der Waals surface area contributed by atoms with Crippen LogP contribution in [0.2, 0.25) is 0 Å². The van der Waals surface area contributed by atoms with Crippen molar-refractivity contribution >= 4 is 11.5 Å². The van der Waals surface area contributed by atoms with Gasteiger partial charge in [0.15, 0.2) is 6.10 Å². The van der Waals surface area contributed by atoms with Crippen LogP contribution in [0.1, 0.15) is 5.56 Å². The highest BCUT2D eigenvalue weighted by molar-refractivity contribution is 5.89. The average molecular weight is 231 g/mol. The van der Waals surface area contributed by atoms with E-state index in [1.54, 1.807) is 0 Å². The largest absolute Gasteiger partial charge is 0.478 e. The Hall–Kier alpha value is -1.71. The molecule has 2 aliphatic heterocycles. The normalized spacial score (nSPS) is 22.6. The lowest BCUT2D eigenvalue weighted by Gasteiger charge is -2.34. The summed E-state index contributed by atoms with van der Waals surface area (Å²) in [7, 11) is 2.10. The number of aliphatic imine (C=N–C) groups is 1. The summed E-state index contributed by atoms with van der Waals surface area (Å²) in [6.45, 7) is 4.72. The van der Waals surface area contributed by atoms with E-state index in [1.807, 2.05) is 0 Å². The maximum Gasteiger partial charge on any atom is 0.173 e. The number of rotatable bonds is 1. The fraction of sp³-hybridized carbons (Fsp3) is 0.462.